The van der Waals surface area contributed by atoms with Crippen molar-refractivity contribution in [2.24, 2.45) is 0 Å². The van der Waals surface area contributed by atoms with Crippen LogP contribution in [0.15, 0.2) is 18.2 Å². The van der Waals surface area contributed by atoms with Gasteiger partial charge >= 0.3 is 0 Å². The first-order valence-electron chi connectivity index (χ1n) is 5.23. The minimum absolute atomic E-state index is 0.0750. The second-order valence-corrected chi connectivity index (χ2v) is 3.83. The summed E-state index contributed by atoms with van der Waals surface area (Å²) in [6.45, 7) is 3.83. The maximum atomic E-state index is 13.2. The fourth-order valence-electron chi connectivity index (χ4n) is 1.71. The average molecular weight is 219 g/mol. The zero-order valence-electron chi connectivity index (χ0n) is 9.58. The van der Waals surface area contributed by atoms with Crippen LogP contribution in [0.4, 0.5) is 4.39 Å². The fourth-order valence-corrected chi connectivity index (χ4v) is 1.71. The van der Waals surface area contributed by atoms with E-state index in [4.69, 9.17) is 0 Å². The van der Waals surface area contributed by atoms with Crippen LogP contribution in [-0.4, -0.2) is 17.0 Å². The van der Waals surface area contributed by atoms with Crippen LogP contribution in [0.3, 0.4) is 0 Å². The number of fused-ring (bicyclic) bond motifs is 1. The summed E-state index contributed by atoms with van der Waals surface area (Å²) < 4.78 is 13.2. The number of nitrogens with zero attached hydrogens (tertiary/aromatic N) is 2. The van der Waals surface area contributed by atoms with Crippen molar-refractivity contribution in [3.05, 3.63) is 35.5 Å². The van der Waals surface area contributed by atoms with Crippen LogP contribution >= 0.6 is 0 Å². The van der Waals surface area contributed by atoms with Crippen LogP contribution in [0, 0.1) is 12.7 Å². The zero-order chi connectivity index (χ0) is 11.7. The molecule has 1 heterocycles. The normalized spacial score (nSPS) is 13.0. The molecular formula is C12H14FN3. The third-order valence-corrected chi connectivity index (χ3v) is 2.64. The van der Waals surface area contributed by atoms with Gasteiger partial charge in [0.1, 0.15) is 11.6 Å². The van der Waals surface area contributed by atoms with Crippen molar-refractivity contribution in [1.82, 2.24) is 15.3 Å². The molecule has 0 saturated heterocycles. The van der Waals surface area contributed by atoms with Crippen molar-refractivity contribution in [1.29, 1.82) is 0 Å². The maximum Gasteiger partial charge on any atom is 0.126 e. The lowest BCUT2D eigenvalue weighted by Gasteiger charge is -2.13. The Balaban J connectivity index is 2.74. The van der Waals surface area contributed by atoms with Gasteiger partial charge in [-0.2, -0.15) is 0 Å². The third-order valence-electron chi connectivity index (χ3n) is 2.64. The molecule has 1 aromatic heterocycles. The second kappa shape index (κ2) is 4.14. The molecule has 1 atom stereocenters. The molecule has 4 heteroatoms. The highest BCUT2D eigenvalue weighted by Crippen LogP contribution is 2.22. The molecule has 0 aliphatic heterocycles. The monoisotopic (exact) mass is 219 g/mol. The van der Waals surface area contributed by atoms with Gasteiger partial charge < -0.3 is 5.32 Å². The molecule has 2 rings (SSSR count). The van der Waals surface area contributed by atoms with Crippen molar-refractivity contribution >= 4 is 10.9 Å². The summed E-state index contributed by atoms with van der Waals surface area (Å²) in [5.41, 5.74) is 1.62. The Morgan fingerprint density at radius 2 is 2.06 bits per heavy atom. The summed E-state index contributed by atoms with van der Waals surface area (Å²) in [6.07, 6.45) is 0. The number of aromatic nitrogens is 2. The van der Waals surface area contributed by atoms with E-state index >= 15 is 0 Å². The van der Waals surface area contributed by atoms with Crippen LogP contribution in [-0.2, 0) is 0 Å². The van der Waals surface area contributed by atoms with Gasteiger partial charge in [-0.3, -0.25) is 0 Å². The van der Waals surface area contributed by atoms with Gasteiger partial charge in [-0.05, 0) is 39.1 Å². The second-order valence-electron chi connectivity index (χ2n) is 3.83. The van der Waals surface area contributed by atoms with Gasteiger partial charge in [-0.1, -0.05) is 0 Å². The van der Waals surface area contributed by atoms with E-state index in [2.05, 4.69) is 15.3 Å². The Morgan fingerprint density at radius 1 is 1.31 bits per heavy atom. The van der Waals surface area contributed by atoms with E-state index in [1.807, 2.05) is 20.9 Å². The van der Waals surface area contributed by atoms with Crippen LogP contribution < -0.4 is 5.32 Å². The van der Waals surface area contributed by atoms with Crippen LogP contribution in [0.5, 0.6) is 0 Å². The van der Waals surface area contributed by atoms with Gasteiger partial charge in [0, 0.05) is 11.4 Å². The van der Waals surface area contributed by atoms with Crippen molar-refractivity contribution in [3.8, 4) is 0 Å². The summed E-state index contributed by atoms with van der Waals surface area (Å²) in [6, 6.07) is 4.66. The molecule has 2 aromatic rings. The molecule has 16 heavy (non-hydrogen) atoms. The van der Waals surface area contributed by atoms with Gasteiger partial charge in [0.25, 0.3) is 0 Å². The predicted molar refractivity (Wildman–Crippen MR) is 61.7 cm³/mol. The molecule has 0 spiro atoms. The van der Waals surface area contributed by atoms with E-state index in [1.54, 1.807) is 6.07 Å². The Labute approximate surface area is 93.7 Å². The number of hydrogen-bond acceptors (Lipinski definition) is 3. The molecule has 0 bridgehead atoms. The quantitative estimate of drug-likeness (QED) is 0.842. The van der Waals surface area contributed by atoms with Gasteiger partial charge in [0.15, 0.2) is 0 Å². The molecule has 0 aliphatic carbocycles. The van der Waals surface area contributed by atoms with E-state index in [9.17, 15) is 4.39 Å². The van der Waals surface area contributed by atoms with Crippen LogP contribution in [0.2, 0.25) is 0 Å². The number of benzene rings is 1. The SMILES string of the molecule is CNC(C)c1nc(C)nc2ccc(F)cc12. The van der Waals surface area contributed by atoms with Crippen molar-refractivity contribution in [3.63, 3.8) is 0 Å². The fraction of sp³-hybridized carbons (Fsp3) is 0.333. The van der Waals surface area contributed by atoms with E-state index in [0.29, 0.717) is 5.82 Å². The number of nitrogens with one attached hydrogen (secondary N) is 1. The Morgan fingerprint density at radius 3 is 2.75 bits per heavy atom. The zero-order valence-corrected chi connectivity index (χ0v) is 9.58. The minimum Gasteiger partial charge on any atom is -0.312 e. The Hall–Kier alpha value is -1.55. The molecule has 0 aliphatic rings. The lowest BCUT2D eigenvalue weighted by Crippen LogP contribution is -2.15. The largest absolute Gasteiger partial charge is 0.312 e. The topological polar surface area (TPSA) is 37.8 Å². The minimum atomic E-state index is -0.260. The molecule has 1 unspecified atom stereocenters. The predicted octanol–water partition coefficient (Wildman–Crippen LogP) is 2.36. The standard InChI is InChI=1S/C12H14FN3/c1-7(14-3)12-10-6-9(13)4-5-11(10)15-8(2)16-12/h4-7,14H,1-3H3. The van der Waals surface area contributed by atoms with Crippen molar-refractivity contribution in [2.75, 3.05) is 7.05 Å². The number of aryl methyl sites for hydroxylation is 1. The third kappa shape index (κ3) is 1.88. The maximum absolute atomic E-state index is 13.2. The molecule has 0 amide bonds. The van der Waals surface area contributed by atoms with Gasteiger partial charge in [0.05, 0.1) is 11.2 Å². The van der Waals surface area contributed by atoms with E-state index in [-0.39, 0.29) is 11.9 Å². The molecule has 3 nitrogen and oxygen atoms in total. The summed E-state index contributed by atoms with van der Waals surface area (Å²) in [4.78, 5) is 8.66. The smallest absolute Gasteiger partial charge is 0.126 e. The first-order valence-corrected chi connectivity index (χ1v) is 5.23. The lowest BCUT2D eigenvalue weighted by molar-refractivity contribution is 0.623. The van der Waals surface area contributed by atoms with E-state index in [1.165, 1.54) is 12.1 Å². The number of rotatable bonds is 2. The van der Waals surface area contributed by atoms with Crippen molar-refractivity contribution < 1.29 is 4.39 Å². The molecule has 1 N–H and O–H groups in total. The lowest BCUT2D eigenvalue weighted by atomic mass is 10.1. The van der Waals surface area contributed by atoms with E-state index in [0.717, 1.165) is 16.6 Å². The van der Waals surface area contributed by atoms with Gasteiger partial charge in [-0.15, -0.1) is 0 Å². The first kappa shape index (κ1) is 11.0. The Kier molecular flexibility index (Phi) is 2.83. The number of hydrogen-bond donors (Lipinski definition) is 1. The molecule has 0 saturated carbocycles. The van der Waals surface area contributed by atoms with E-state index < -0.39 is 0 Å². The van der Waals surface area contributed by atoms with Gasteiger partial charge in [0.2, 0.25) is 0 Å². The highest BCUT2D eigenvalue weighted by molar-refractivity contribution is 5.81. The molecule has 84 valence electrons. The van der Waals surface area contributed by atoms with Crippen LogP contribution in [0.1, 0.15) is 24.5 Å². The number of halogens is 1. The molecule has 0 radical (unpaired) electrons. The van der Waals surface area contributed by atoms with Crippen molar-refractivity contribution in [2.45, 2.75) is 19.9 Å². The molecular weight excluding hydrogens is 205 g/mol. The summed E-state index contributed by atoms with van der Waals surface area (Å²) in [7, 11) is 1.85. The highest BCUT2D eigenvalue weighted by Gasteiger charge is 2.11. The summed E-state index contributed by atoms with van der Waals surface area (Å²) in [5.74, 6) is 0.445. The highest BCUT2D eigenvalue weighted by atomic mass is 19.1. The Bertz CT molecular complexity index is 525. The van der Waals surface area contributed by atoms with Gasteiger partial charge in [-0.25, -0.2) is 14.4 Å². The van der Waals surface area contributed by atoms with Crippen LogP contribution in [0.25, 0.3) is 10.9 Å². The first-order chi connectivity index (χ1) is 7.61. The average Bonchev–Trinajstić information content (AvgIpc) is 2.27. The molecule has 1 aromatic carbocycles. The summed E-state index contributed by atoms with van der Waals surface area (Å²) in [5, 5.41) is 3.88. The molecule has 0 fully saturated rings. The summed E-state index contributed by atoms with van der Waals surface area (Å²) >= 11 is 0.